The van der Waals surface area contributed by atoms with Crippen LogP contribution in [0.1, 0.15) is 5.56 Å². The Morgan fingerprint density at radius 3 is 2.61 bits per heavy atom. The van der Waals surface area contributed by atoms with Gasteiger partial charge in [0.2, 0.25) is 0 Å². The Labute approximate surface area is 141 Å². The number of hydrogen-bond acceptors (Lipinski definition) is 3. The maximum absolute atomic E-state index is 13.3. The summed E-state index contributed by atoms with van der Waals surface area (Å²) in [4.78, 5) is 11.9. The molecule has 23 heavy (non-hydrogen) atoms. The third-order valence-electron chi connectivity index (χ3n) is 3.24. The minimum absolute atomic E-state index is 0.0167. The Morgan fingerprint density at radius 2 is 1.91 bits per heavy atom. The largest absolute Gasteiger partial charge is 0.336 e. The van der Waals surface area contributed by atoms with Crippen LogP contribution in [-0.2, 0) is 16.6 Å². The average Bonchev–Trinajstić information content (AvgIpc) is 2.42. The van der Waals surface area contributed by atoms with Gasteiger partial charge in [-0.15, -0.1) is 0 Å². The van der Waals surface area contributed by atoms with Crippen LogP contribution in [0.25, 0.3) is 0 Å². The molecule has 0 atom stereocenters. The van der Waals surface area contributed by atoms with Gasteiger partial charge in [-0.1, -0.05) is 35.3 Å². The van der Waals surface area contributed by atoms with Crippen LogP contribution in [0.4, 0.5) is 14.9 Å². The highest BCUT2D eigenvalue weighted by Crippen LogP contribution is 2.38. The number of fused-ring (bicyclic) bond motifs is 1. The highest BCUT2D eigenvalue weighted by Gasteiger charge is 2.38. The number of nitrogens with zero attached hydrogens (tertiary/aromatic N) is 1. The second kappa shape index (κ2) is 5.67. The van der Waals surface area contributed by atoms with E-state index in [9.17, 15) is 17.6 Å². The number of urea groups is 1. The predicted molar refractivity (Wildman–Crippen MR) is 84.6 cm³/mol. The molecule has 1 heterocycles. The summed E-state index contributed by atoms with van der Waals surface area (Å²) in [5.41, 5.74) is 0.347. The molecule has 2 aromatic rings. The van der Waals surface area contributed by atoms with E-state index < -0.39 is 21.9 Å². The SMILES string of the molecule is O=C1Nc2cc(Cl)cc(Cl)c2S(=O)(=O)N1Cc1cccc(F)c1. The zero-order valence-electron chi connectivity index (χ0n) is 11.4. The average molecular weight is 375 g/mol. The van der Waals surface area contributed by atoms with Gasteiger partial charge in [0, 0.05) is 5.02 Å². The van der Waals surface area contributed by atoms with Crippen molar-refractivity contribution in [3.63, 3.8) is 0 Å². The topological polar surface area (TPSA) is 66.5 Å². The number of carbonyl (C=O) groups excluding carboxylic acids is 1. The molecule has 1 N–H and O–H groups in total. The highest BCUT2D eigenvalue weighted by atomic mass is 35.5. The number of halogens is 3. The smallest absolute Gasteiger partial charge is 0.306 e. The number of amides is 2. The molecule has 9 heteroatoms. The number of nitrogens with one attached hydrogen (secondary N) is 1. The molecule has 120 valence electrons. The minimum atomic E-state index is -4.18. The molecule has 0 aromatic heterocycles. The number of benzene rings is 2. The third kappa shape index (κ3) is 2.87. The van der Waals surface area contributed by atoms with Gasteiger partial charge in [0.25, 0.3) is 10.0 Å². The van der Waals surface area contributed by atoms with Crippen molar-refractivity contribution in [2.24, 2.45) is 0 Å². The Balaban J connectivity index is 2.08. The van der Waals surface area contributed by atoms with Gasteiger partial charge in [-0.25, -0.2) is 21.9 Å². The van der Waals surface area contributed by atoms with Gasteiger partial charge in [0.15, 0.2) is 0 Å². The van der Waals surface area contributed by atoms with E-state index in [0.717, 1.165) is 6.07 Å². The number of anilines is 1. The molecular formula is C14H9Cl2FN2O3S. The summed E-state index contributed by atoms with van der Waals surface area (Å²) in [6.45, 7) is -0.315. The monoisotopic (exact) mass is 374 g/mol. The van der Waals surface area contributed by atoms with Crippen molar-refractivity contribution in [1.82, 2.24) is 4.31 Å². The predicted octanol–water partition coefficient (Wildman–Crippen LogP) is 3.87. The molecule has 5 nitrogen and oxygen atoms in total. The molecule has 1 aliphatic rings. The van der Waals surface area contributed by atoms with Gasteiger partial charge in [-0.2, -0.15) is 0 Å². The van der Waals surface area contributed by atoms with Crippen LogP contribution in [0.15, 0.2) is 41.3 Å². The maximum Gasteiger partial charge on any atom is 0.336 e. The van der Waals surface area contributed by atoms with E-state index in [1.165, 1.54) is 30.3 Å². The highest BCUT2D eigenvalue weighted by molar-refractivity contribution is 7.90. The van der Waals surface area contributed by atoms with Crippen LogP contribution < -0.4 is 5.32 Å². The summed E-state index contributed by atoms with van der Waals surface area (Å²) in [5, 5.41) is 2.52. The Hall–Kier alpha value is -1.83. The molecule has 1 aliphatic heterocycles. The zero-order valence-corrected chi connectivity index (χ0v) is 13.7. The van der Waals surface area contributed by atoms with E-state index >= 15 is 0 Å². The van der Waals surface area contributed by atoms with Crippen LogP contribution in [0.5, 0.6) is 0 Å². The van der Waals surface area contributed by atoms with Gasteiger partial charge in [0.1, 0.15) is 10.7 Å². The minimum Gasteiger partial charge on any atom is -0.306 e. The van der Waals surface area contributed by atoms with Crippen molar-refractivity contribution in [1.29, 1.82) is 0 Å². The van der Waals surface area contributed by atoms with Crippen molar-refractivity contribution < 1.29 is 17.6 Å². The Morgan fingerprint density at radius 1 is 1.17 bits per heavy atom. The molecule has 0 radical (unpaired) electrons. The van der Waals surface area contributed by atoms with Crippen molar-refractivity contribution in [2.75, 3.05) is 5.32 Å². The van der Waals surface area contributed by atoms with Crippen LogP contribution >= 0.6 is 23.2 Å². The van der Waals surface area contributed by atoms with E-state index in [1.54, 1.807) is 0 Å². The van der Waals surface area contributed by atoms with Crippen molar-refractivity contribution in [3.05, 3.63) is 57.8 Å². The van der Waals surface area contributed by atoms with Crippen molar-refractivity contribution >= 4 is 44.9 Å². The van der Waals surface area contributed by atoms with Crippen LogP contribution in [0.2, 0.25) is 10.0 Å². The van der Waals surface area contributed by atoms with Crippen LogP contribution in [0, 0.1) is 5.82 Å². The van der Waals surface area contributed by atoms with Gasteiger partial charge in [-0.05, 0) is 29.8 Å². The summed E-state index contributed by atoms with van der Waals surface area (Å²) >= 11 is 11.8. The molecule has 2 amide bonds. The molecule has 0 saturated carbocycles. The second-order valence-corrected chi connectivity index (χ2v) is 7.48. The van der Waals surface area contributed by atoms with E-state index in [1.807, 2.05) is 0 Å². The van der Waals surface area contributed by atoms with Gasteiger partial charge < -0.3 is 5.32 Å². The summed E-state index contributed by atoms with van der Waals surface area (Å²) in [5.74, 6) is -0.525. The first-order valence-electron chi connectivity index (χ1n) is 6.36. The van der Waals surface area contributed by atoms with E-state index in [0.29, 0.717) is 9.87 Å². The lowest BCUT2D eigenvalue weighted by Gasteiger charge is -2.29. The normalized spacial score (nSPS) is 16.0. The lowest BCUT2D eigenvalue weighted by Crippen LogP contribution is -2.43. The number of hydrogen-bond donors (Lipinski definition) is 1. The summed E-state index contributed by atoms with van der Waals surface area (Å²) < 4.78 is 39.2. The van der Waals surface area contributed by atoms with E-state index in [2.05, 4.69) is 5.32 Å². The zero-order chi connectivity index (χ0) is 16.8. The standard InChI is InChI=1S/C14H9Cl2FN2O3S/c15-9-5-11(16)13-12(6-9)18-14(20)19(23(13,21)22)7-8-2-1-3-10(17)4-8/h1-6H,7H2,(H,18,20). The second-order valence-electron chi connectivity index (χ2n) is 4.84. The summed E-state index contributed by atoms with van der Waals surface area (Å²) in [6.07, 6.45) is 0. The van der Waals surface area contributed by atoms with Gasteiger partial charge in [-0.3, -0.25) is 0 Å². The molecular weight excluding hydrogens is 366 g/mol. The first-order chi connectivity index (χ1) is 10.8. The van der Waals surface area contributed by atoms with Crippen molar-refractivity contribution in [3.8, 4) is 0 Å². The molecule has 0 bridgehead atoms. The Bertz CT molecular complexity index is 918. The first kappa shape index (κ1) is 16.0. The quantitative estimate of drug-likeness (QED) is 0.867. The summed E-state index contributed by atoms with van der Waals surface area (Å²) in [7, 11) is -4.18. The fraction of sp³-hybridized carbons (Fsp3) is 0.0714. The molecule has 0 aliphatic carbocycles. The molecule has 0 spiro atoms. The van der Waals surface area contributed by atoms with E-state index in [-0.39, 0.29) is 27.2 Å². The van der Waals surface area contributed by atoms with E-state index in [4.69, 9.17) is 23.2 Å². The maximum atomic E-state index is 13.3. The Kier molecular flexibility index (Phi) is 3.95. The molecule has 0 saturated heterocycles. The fourth-order valence-corrected chi connectivity index (χ4v) is 4.55. The molecule has 0 unspecified atom stereocenters. The van der Waals surface area contributed by atoms with Crippen LogP contribution in [-0.4, -0.2) is 18.8 Å². The third-order valence-corrected chi connectivity index (χ3v) is 5.70. The first-order valence-corrected chi connectivity index (χ1v) is 8.56. The summed E-state index contributed by atoms with van der Waals surface area (Å²) in [6, 6.07) is 7.05. The molecule has 3 rings (SSSR count). The van der Waals surface area contributed by atoms with Crippen LogP contribution in [0.3, 0.4) is 0 Å². The van der Waals surface area contributed by atoms with Gasteiger partial charge in [0.05, 0.1) is 17.3 Å². The lowest BCUT2D eigenvalue weighted by molar-refractivity contribution is 0.233. The number of rotatable bonds is 2. The fourth-order valence-electron chi connectivity index (χ4n) is 2.27. The number of sulfonamides is 1. The van der Waals surface area contributed by atoms with Gasteiger partial charge >= 0.3 is 6.03 Å². The van der Waals surface area contributed by atoms with Crippen molar-refractivity contribution in [2.45, 2.75) is 11.4 Å². The molecule has 2 aromatic carbocycles. The lowest BCUT2D eigenvalue weighted by atomic mass is 10.2. The molecule has 0 fully saturated rings. The number of carbonyl (C=O) groups is 1.